The van der Waals surface area contributed by atoms with Crippen LogP contribution in [0.4, 0.5) is 15.8 Å². The highest BCUT2D eigenvalue weighted by Gasteiger charge is 2.21. The maximum Gasteiger partial charge on any atom is 0.245 e. The van der Waals surface area contributed by atoms with Crippen molar-refractivity contribution in [1.82, 2.24) is 4.90 Å². The Bertz CT molecular complexity index is 974. The van der Waals surface area contributed by atoms with Gasteiger partial charge in [-0.25, -0.2) is 12.8 Å². The van der Waals surface area contributed by atoms with Crippen molar-refractivity contribution in [2.45, 2.75) is 18.9 Å². The van der Waals surface area contributed by atoms with Crippen LogP contribution < -0.4 is 14.4 Å². The Balaban J connectivity index is 1.60. The van der Waals surface area contributed by atoms with E-state index in [1.807, 2.05) is 0 Å². The molecule has 0 atom stereocenters. The van der Waals surface area contributed by atoms with E-state index < -0.39 is 28.3 Å². The molecule has 0 bridgehead atoms. The van der Waals surface area contributed by atoms with Crippen LogP contribution >= 0.6 is 0 Å². The van der Waals surface area contributed by atoms with Gasteiger partial charge in [-0.15, -0.1) is 0 Å². The number of nitrogens with one attached hydrogen (secondary N) is 1. The van der Waals surface area contributed by atoms with Crippen molar-refractivity contribution < 1.29 is 22.3 Å². The number of anilines is 2. The highest BCUT2D eigenvalue weighted by molar-refractivity contribution is 7.92. The topological polar surface area (TPSA) is 79.0 Å². The van der Waals surface area contributed by atoms with Crippen LogP contribution in [0.2, 0.25) is 0 Å². The minimum absolute atomic E-state index is 0.0922. The van der Waals surface area contributed by atoms with Crippen molar-refractivity contribution in [2.24, 2.45) is 0 Å². The number of amides is 1. The largest absolute Gasteiger partial charge is 0.490 e. The lowest BCUT2D eigenvalue weighted by Crippen LogP contribution is -2.37. The summed E-state index contributed by atoms with van der Waals surface area (Å²) in [6.07, 6.45) is 3.09. The van der Waals surface area contributed by atoms with E-state index in [1.54, 1.807) is 24.3 Å². The predicted octanol–water partition coefficient (Wildman–Crippen LogP) is 2.70. The lowest BCUT2D eigenvalue weighted by molar-refractivity contribution is -0.114. The zero-order valence-corrected chi connectivity index (χ0v) is 17.9. The minimum atomic E-state index is -3.77. The van der Waals surface area contributed by atoms with E-state index in [9.17, 15) is 17.6 Å². The molecule has 1 fully saturated rings. The first-order chi connectivity index (χ1) is 14.2. The van der Waals surface area contributed by atoms with Crippen molar-refractivity contribution in [2.75, 3.05) is 42.6 Å². The molecule has 3 rings (SSSR count). The average Bonchev–Trinajstić information content (AvgIpc) is 2.68. The van der Waals surface area contributed by atoms with Crippen LogP contribution in [0.25, 0.3) is 0 Å². The Morgan fingerprint density at radius 3 is 2.47 bits per heavy atom. The van der Waals surface area contributed by atoms with Gasteiger partial charge in [-0.05, 0) is 62.4 Å². The Morgan fingerprint density at radius 2 is 1.87 bits per heavy atom. The van der Waals surface area contributed by atoms with Gasteiger partial charge in [0.2, 0.25) is 15.9 Å². The van der Waals surface area contributed by atoms with Gasteiger partial charge in [0.1, 0.15) is 24.2 Å². The highest BCUT2D eigenvalue weighted by atomic mass is 32.2. The minimum Gasteiger partial charge on any atom is -0.490 e. The fraction of sp³-hybridized carbons (Fsp3) is 0.381. The fourth-order valence-corrected chi connectivity index (χ4v) is 4.12. The number of carbonyl (C=O) groups excluding carboxylic acids is 1. The number of likely N-dealkylation sites (tertiary alicyclic amines) is 1. The molecule has 1 aliphatic heterocycles. The first-order valence-electron chi connectivity index (χ1n) is 9.69. The number of halogens is 1. The molecule has 0 spiro atoms. The molecule has 1 amide bonds. The van der Waals surface area contributed by atoms with Crippen molar-refractivity contribution in [3.05, 3.63) is 54.3 Å². The van der Waals surface area contributed by atoms with Crippen LogP contribution in [0.1, 0.15) is 12.8 Å². The Hall–Kier alpha value is -2.65. The molecule has 1 saturated heterocycles. The molecule has 30 heavy (non-hydrogen) atoms. The molecular formula is C21H26FN3O4S. The lowest BCUT2D eigenvalue weighted by atomic mass is 10.1. The number of sulfonamides is 1. The summed E-state index contributed by atoms with van der Waals surface area (Å²) >= 11 is 0. The van der Waals surface area contributed by atoms with Gasteiger partial charge in [0.05, 0.1) is 11.9 Å². The van der Waals surface area contributed by atoms with Gasteiger partial charge in [0, 0.05) is 18.8 Å². The molecular weight excluding hydrogens is 409 g/mol. The van der Waals surface area contributed by atoms with E-state index in [1.165, 1.54) is 18.2 Å². The number of hydrogen-bond acceptors (Lipinski definition) is 5. The van der Waals surface area contributed by atoms with Crippen LogP contribution in [0.5, 0.6) is 5.75 Å². The Morgan fingerprint density at radius 1 is 1.20 bits per heavy atom. The smallest absolute Gasteiger partial charge is 0.245 e. The van der Waals surface area contributed by atoms with Crippen molar-refractivity contribution in [3.63, 3.8) is 0 Å². The normalized spacial score (nSPS) is 15.6. The van der Waals surface area contributed by atoms with Crippen LogP contribution in [-0.4, -0.2) is 58.3 Å². The number of nitrogens with zero attached hydrogens (tertiary/aromatic N) is 2. The van der Waals surface area contributed by atoms with Crippen LogP contribution in [0.15, 0.2) is 48.5 Å². The van der Waals surface area contributed by atoms with Gasteiger partial charge in [0.15, 0.2) is 0 Å². The quantitative estimate of drug-likeness (QED) is 0.724. The van der Waals surface area contributed by atoms with Gasteiger partial charge in [-0.2, -0.15) is 0 Å². The number of carbonyl (C=O) groups is 1. The summed E-state index contributed by atoms with van der Waals surface area (Å²) in [5.41, 5.74) is 0.609. The van der Waals surface area contributed by atoms with Crippen LogP contribution in [-0.2, 0) is 14.8 Å². The van der Waals surface area contributed by atoms with E-state index in [0.717, 1.165) is 48.3 Å². The second-order valence-corrected chi connectivity index (χ2v) is 9.35. The number of rotatable bonds is 7. The molecule has 9 heteroatoms. The molecule has 2 aromatic rings. The van der Waals surface area contributed by atoms with Gasteiger partial charge in [-0.1, -0.05) is 6.07 Å². The Labute approximate surface area is 176 Å². The third-order valence-electron chi connectivity index (χ3n) is 4.89. The molecule has 0 aliphatic carbocycles. The zero-order valence-electron chi connectivity index (χ0n) is 17.0. The molecule has 0 unspecified atom stereocenters. The molecule has 162 valence electrons. The zero-order chi connectivity index (χ0) is 21.7. The summed E-state index contributed by atoms with van der Waals surface area (Å²) < 4.78 is 44.5. The van der Waals surface area contributed by atoms with Gasteiger partial charge < -0.3 is 15.0 Å². The molecule has 1 heterocycles. The number of ether oxygens (including phenoxy) is 1. The molecule has 1 aliphatic rings. The molecule has 0 aromatic heterocycles. The number of benzene rings is 2. The lowest BCUT2D eigenvalue weighted by Gasteiger charge is -2.29. The summed E-state index contributed by atoms with van der Waals surface area (Å²) in [6, 6.07) is 12.1. The van der Waals surface area contributed by atoms with Gasteiger partial charge in [-0.3, -0.25) is 9.10 Å². The summed E-state index contributed by atoms with van der Waals surface area (Å²) in [5.74, 6) is -0.393. The van der Waals surface area contributed by atoms with E-state index in [0.29, 0.717) is 5.69 Å². The first kappa shape index (κ1) is 22.0. The van der Waals surface area contributed by atoms with E-state index >= 15 is 0 Å². The third-order valence-corrected chi connectivity index (χ3v) is 6.03. The summed E-state index contributed by atoms with van der Waals surface area (Å²) in [7, 11) is -1.68. The monoisotopic (exact) mass is 435 g/mol. The summed E-state index contributed by atoms with van der Waals surface area (Å²) in [6.45, 7) is 1.54. The molecule has 0 saturated carbocycles. The second-order valence-electron chi connectivity index (χ2n) is 7.44. The first-order valence-corrected chi connectivity index (χ1v) is 11.5. The maximum absolute atomic E-state index is 13.5. The van der Waals surface area contributed by atoms with E-state index in [-0.39, 0.29) is 11.8 Å². The third kappa shape index (κ3) is 6.17. The van der Waals surface area contributed by atoms with Crippen LogP contribution in [0, 0.1) is 5.82 Å². The maximum atomic E-state index is 13.5. The van der Waals surface area contributed by atoms with Gasteiger partial charge >= 0.3 is 0 Å². The van der Waals surface area contributed by atoms with E-state index in [4.69, 9.17) is 4.74 Å². The summed E-state index contributed by atoms with van der Waals surface area (Å²) in [4.78, 5) is 14.7. The summed E-state index contributed by atoms with van der Waals surface area (Å²) in [5, 5.41) is 2.66. The molecule has 2 aromatic carbocycles. The standard InChI is InChI=1S/C21H26FN3O4S/c1-24-12-10-20(11-13-24)29-19-8-6-17(7-9-19)23-21(26)15-25(30(2,27)28)18-5-3-4-16(22)14-18/h3-9,14,20H,10-13,15H2,1-2H3,(H,23,26). The highest BCUT2D eigenvalue weighted by Crippen LogP contribution is 2.22. The number of hydrogen-bond donors (Lipinski definition) is 1. The SMILES string of the molecule is CN1CCC(Oc2ccc(NC(=O)CN(c3cccc(F)c3)S(C)(=O)=O)cc2)CC1. The Kier molecular flexibility index (Phi) is 6.94. The van der Waals surface area contributed by atoms with E-state index in [2.05, 4.69) is 17.3 Å². The molecule has 1 N–H and O–H groups in total. The molecule has 7 nitrogen and oxygen atoms in total. The second kappa shape index (κ2) is 9.44. The molecule has 0 radical (unpaired) electrons. The predicted molar refractivity (Wildman–Crippen MR) is 115 cm³/mol. The average molecular weight is 436 g/mol. The number of piperidine rings is 1. The van der Waals surface area contributed by atoms with Crippen molar-refractivity contribution >= 4 is 27.3 Å². The van der Waals surface area contributed by atoms with Crippen LogP contribution in [0.3, 0.4) is 0 Å². The fourth-order valence-electron chi connectivity index (χ4n) is 3.27. The van der Waals surface area contributed by atoms with Gasteiger partial charge in [0.25, 0.3) is 0 Å². The van der Waals surface area contributed by atoms with Crippen molar-refractivity contribution in [3.8, 4) is 5.75 Å². The van der Waals surface area contributed by atoms with Crippen molar-refractivity contribution in [1.29, 1.82) is 0 Å².